The summed E-state index contributed by atoms with van der Waals surface area (Å²) in [6.45, 7) is 3.48. The molecule has 0 radical (unpaired) electrons. The summed E-state index contributed by atoms with van der Waals surface area (Å²) in [5.74, 6) is -1.07. The quantitative estimate of drug-likeness (QED) is 0.617. The van der Waals surface area contributed by atoms with Gasteiger partial charge in [0, 0.05) is 0 Å². The van der Waals surface area contributed by atoms with Crippen LogP contribution in [0.15, 0.2) is 53.4 Å². The van der Waals surface area contributed by atoms with Crippen molar-refractivity contribution >= 4 is 33.5 Å². The fraction of sp³-hybridized carbons (Fsp3) is 0.300. The number of ether oxygens (including phenoxy) is 1. The summed E-state index contributed by atoms with van der Waals surface area (Å²) in [4.78, 5) is 24.9. The Labute approximate surface area is 175 Å². The SMILES string of the molecule is CNS(=O)(=O)c1ccc(Cl)c(C(=O)NC(CC(=O)OC(C)C)c2ccccc2)c1. The number of esters is 1. The molecule has 0 aromatic heterocycles. The zero-order valence-electron chi connectivity index (χ0n) is 16.3. The van der Waals surface area contributed by atoms with Gasteiger partial charge in [-0.1, -0.05) is 41.9 Å². The van der Waals surface area contributed by atoms with E-state index in [1.165, 1.54) is 25.2 Å². The van der Waals surface area contributed by atoms with E-state index in [4.69, 9.17) is 16.3 Å². The first-order valence-corrected chi connectivity index (χ1v) is 10.8. The first-order valence-electron chi connectivity index (χ1n) is 8.92. The van der Waals surface area contributed by atoms with E-state index in [9.17, 15) is 18.0 Å². The minimum atomic E-state index is -3.75. The van der Waals surface area contributed by atoms with Crippen LogP contribution in [0.4, 0.5) is 0 Å². The summed E-state index contributed by atoms with van der Waals surface area (Å²) < 4.78 is 31.4. The molecule has 2 rings (SSSR count). The number of carbonyl (C=O) groups is 2. The number of sulfonamides is 1. The molecule has 0 aliphatic heterocycles. The van der Waals surface area contributed by atoms with E-state index in [0.29, 0.717) is 5.56 Å². The third-order valence-corrected chi connectivity index (χ3v) is 5.75. The molecule has 2 N–H and O–H groups in total. The lowest BCUT2D eigenvalue weighted by molar-refractivity contribution is -0.147. The normalized spacial score (nSPS) is 12.4. The monoisotopic (exact) mass is 438 g/mol. The lowest BCUT2D eigenvalue weighted by atomic mass is 10.0. The van der Waals surface area contributed by atoms with Gasteiger partial charge in [-0.3, -0.25) is 9.59 Å². The summed E-state index contributed by atoms with van der Waals surface area (Å²) >= 11 is 6.12. The van der Waals surface area contributed by atoms with Gasteiger partial charge in [0.1, 0.15) is 0 Å². The molecule has 7 nitrogen and oxygen atoms in total. The Bertz CT molecular complexity index is 978. The second-order valence-electron chi connectivity index (χ2n) is 6.53. The average Bonchev–Trinajstić information content (AvgIpc) is 2.67. The summed E-state index contributed by atoms with van der Waals surface area (Å²) in [7, 11) is -2.47. The number of rotatable bonds is 8. The molecule has 2 aromatic carbocycles. The van der Waals surface area contributed by atoms with Crippen molar-refractivity contribution in [2.75, 3.05) is 7.05 Å². The van der Waals surface area contributed by atoms with Crippen LogP contribution < -0.4 is 10.0 Å². The van der Waals surface area contributed by atoms with Gasteiger partial charge in [0.05, 0.1) is 34.0 Å². The number of halogens is 1. The average molecular weight is 439 g/mol. The van der Waals surface area contributed by atoms with E-state index >= 15 is 0 Å². The minimum absolute atomic E-state index is 0.0128. The van der Waals surface area contributed by atoms with Crippen LogP contribution in [0.1, 0.15) is 42.2 Å². The van der Waals surface area contributed by atoms with Crippen molar-refractivity contribution in [2.45, 2.75) is 37.3 Å². The van der Waals surface area contributed by atoms with Crippen molar-refractivity contribution in [3.05, 3.63) is 64.7 Å². The van der Waals surface area contributed by atoms with Crippen molar-refractivity contribution in [1.29, 1.82) is 0 Å². The van der Waals surface area contributed by atoms with Gasteiger partial charge in [-0.05, 0) is 44.7 Å². The van der Waals surface area contributed by atoms with Crippen LogP contribution in [-0.2, 0) is 19.6 Å². The van der Waals surface area contributed by atoms with E-state index < -0.39 is 27.9 Å². The first-order chi connectivity index (χ1) is 13.6. The Morgan fingerprint density at radius 3 is 2.34 bits per heavy atom. The van der Waals surface area contributed by atoms with Crippen molar-refractivity contribution in [2.24, 2.45) is 0 Å². The van der Waals surface area contributed by atoms with Gasteiger partial charge in [0.15, 0.2) is 0 Å². The number of carbonyl (C=O) groups excluding carboxylic acids is 2. The maximum absolute atomic E-state index is 12.9. The fourth-order valence-corrected chi connectivity index (χ4v) is 3.57. The molecule has 2 aromatic rings. The van der Waals surface area contributed by atoms with Crippen LogP contribution >= 0.6 is 11.6 Å². The molecule has 156 valence electrons. The molecule has 1 atom stereocenters. The minimum Gasteiger partial charge on any atom is -0.463 e. The van der Waals surface area contributed by atoms with Gasteiger partial charge in [-0.15, -0.1) is 0 Å². The zero-order valence-corrected chi connectivity index (χ0v) is 17.9. The second kappa shape index (κ2) is 9.87. The maximum Gasteiger partial charge on any atom is 0.308 e. The topological polar surface area (TPSA) is 102 Å². The van der Waals surface area contributed by atoms with Crippen LogP contribution in [0.2, 0.25) is 5.02 Å². The number of amides is 1. The first kappa shape index (κ1) is 22.9. The Hall–Kier alpha value is -2.42. The Balaban J connectivity index is 2.32. The van der Waals surface area contributed by atoms with Gasteiger partial charge >= 0.3 is 5.97 Å². The molecule has 0 saturated heterocycles. The molecule has 29 heavy (non-hydrogen) atoms. The molecule has 1 unspecified atom stereocenters. The number of hydrogen-bond donors (Lipinski definition) is 2. The van der Waals surface area contributed by atoms with Gasteiger partial charge in [-0.25, -0.2) is 13.1 Å². The third kappa shape index (κ3) is 6.28. The second-order valence-corrected chi connectivity index (χ2v) is 8.82. The molecular weight excluding hydrogens is 416 g/mol. The summed E-state index contributed by atoms with van der Waals surface area (Å²) in [5.41, 5.74) is 0.692. The smallest absolute Gasteiger partial charge is 0.308 e. The molecule has 0 bridgehead atoms. The Morgan fingerprint density at radius 2 is 1.76 bits per heavy atom. The van der Waals surface area contributed by atoms with Crippen molar-refractivity contribution < 1.29 is 22.7 Å². The van der Waals surface area contributed by atoms with Gasteiger partial charge in [0.25, 0.3) is 5.91 Å². The molecule has 0 aliphatic carbocycles. The number of nitrogens with one attached hydrogen (secondary N) is 2. The summed E-state index contributed by atoms with van der Waals surface area (Å²) in [6, 6.07) is 12.1. The predicted octanol–water partition coefficient (Wildman–Crippen LogP) is 3.06. The lowest BCUT2D eigenvalue weighted by Crippen LogP contribution is -2.31. The van der Waals surface area contributed by atoms with Crippen LogP contribution in [0.25, 0.3) is 0 Å². The van der Waals surface area contributed by atoms with Crippen molar-refractivity contribution in [3.63, 3.8) is 0 Å². The van der Waals surface area contributed by atoms with Crippen LogP contribution in [-0.4, -0.2) is 33.4 Å². The van der Waals surface area contributed by atoms with Crippen LogP contribution in [0, 0.1) is 0 Å². The number of benzene rings is 2. The molecule has 0 saturated carbocycles. The Morgan fingerprint density at radius 1 is 1.10 bits per heavy atom. The third-order valence-electron chi connectivity index (χ3n) is 4.01. The molecule has 1 amide bonds. The summed E-state index contributed by atoms with van der Waals surface area (Å²) in [6.07, 6.45) is -0.368. The van der Waals surface area contributed by atoms with Crippen molar-refractivity contribution in [3.8, 4) is 0 Å². The summed E-state index contributed by atoms with van der Waals surface area (Å²) in [5, 5.41) is 2.84. The highest BCUT2D eigenvalue weighted by atomic mass is 35.5. The highest BCUT2D eigenvalue weighted by molar-refractivity contribution is 7.89. The molecular formula is C20H23ClN2O5S. The molecule has 9 heteroatoms. The van der Waals surface area contributed by atoms with E-state index in [1.54, 1.807) is 38.1 Å². The lowest BCUT2D eigenvalue weighted by Gasteiger charge is -2.20. The molecule has 0 aliphatic rings. The van der Waals surface area contributed by atoms with E-state index in [2.05, 4.69) is 10.0 Å². The van der Waals surface area contributed by atoms with E-state index in [1.807, 2.05) is 6.07 Å². The highest BCUT2D eigenvalue weighted by Crippen LogP contribution is 2.23. The predicted molar refractivity (Wildman–Crippen MR) is 110 cm³/mol. The van der Waals surface area contributed by atoms with Crippen LogP contribution in [0.5, 0.6) is 0 Å². The van der Waals surface area contributed by atoms with Gasteiger partial charge in [0.2, 0.25) is 10.0 Å². The fourth-order valence-electron chi connectivity index (χ4n) is 2.61. The Kier molecular flexibility index (Phi) is 7.78. The molecule has 0 heterocycles. The highest BCUT2D eigenvalue weighted by Gasteiger charge is 2.23. The zero-order chi connectivity index (χ0) is 21.6. The standard InChI is InChI=1S/C20H23ClN2O5S/c1-13(2)28-19(24)12-18(14-7-5-4-6-8-14)23-20(25)16-11-15(9-10-17(16)21)29(26,27)22-3/h4-11,13,18,22H,12H2,1-3H3,(H,23,25). The number of hydrogen-bond acceptors (Lipinski definition) is 5. The van der Waals surface area contributed by atoms with Crippen molar-refractivity contribution in [1.82, 2.24) is 10.0 Å². The van der Waals surface area contributed by atoms with E-state index in [0.717, 1.165) is 0 Å². The van der Waals surface area contributed by atoms with Gasteiger partial charge in [-0.2, -0.15) is 0 Å². The van der Waals surface area contributed by atoms with Crippen LogP contribution in [0.3, 0.4) is 0 Å². The maximum atomic E-state index is 12.9. The molecule has 0 spiro atoms. The van der Waals surface area contributed by atoms with Gasteiger partial charge < -0.3 is 10.1 Å². The largest absolute Gasteiger partial charge is 0.463 e. The van der Waals surface area contributed by atoms with E-state index in [-0.39, 0.29) is 28.0 Å². The molecule has 0 fully saturated rings.